The van der Waals surface area contributed by atoms with E-state index in [4.69, 9.17) is 17.0 Å². The lowest BCUT2D eigenvalue weighted by Gasteiger charge is -2.48. The Morgan fingerprint density at radius 2 is 2.04 bits per heavy atom. The molecule has 2 aromatic carbocycles. The fourth-order valence-corrected chi connectivity index (χ4v) is 4.95. The fraction of sp³-hybridized carbons (Fsp3) is 0.375. The number of phenols is 1. The third-order valence-corrected chi connectivity index (χ3v) is 6.56. The molecular formula is C24H27NO2S. The summed E-state index contributed by atoms with van der Waals surface area (Å²) in [5.74, 6) is 1.62. The normalized spacial score (nSPS) is 25.4. The molecule has 1 heterocycles. The van der Waals surface area contributed by atoms with E-state index in [9.17, 15) is 5.11 Å². The van der Waals surface area contributed by atoms with E-state index in [2.05, 4.69) is 37.9 Å². The second kappa shape index (κ2) is 7.25. The molecule has 2 bridgehead atoms. The maximum Gasteiger partial charge on any atom is 0.132 e. The van der Waals surface area contributed by atoms with Crippen LogP contribution in [0, 0.1) is 5.92 Å². The molecule has 0 saturated heterocycles. The third-order valence-electron chi connectivity index (χ3n) is 6.20. The summed E-state index contributed by atoms with van der Waals surface area (Å²) in [6.07, 6.45) is 2.95. The summed E-state index contributed by atoms with van der Waals surface area (Å²) in [7, 11) is 0. The zero-order valence-corrected chi connectivity index (χ0v) is 17.3. The molecular weight excluding hydrogens is 366 g/mol. The third kappa shape index (κ3) is 3.42. The van der Waals surface area contributed by atoms with Crippen molar-refractivity contribution in [1.82, 2.24) is 5.32 Å². The van der Waals surface area contributed by atoms with Crippen LogP contribution in [0.1, 0.15) is 55.7 Å². The highest BCUT2D eigenvalue weighted by molar-refractivity contribution is 7.80. The minimum atomic E-state index is -0.163. The molecule has 0 radical (unpaired) electrons. The van der Waals surface area contributed by atoms with Crippen molar-refractivity contribution in [2.75, 3.05) is 0 Å². The minimum absolute atomic E-state index is 0.163. The average Bonchev–Trinajstić information content (AvgIpc) is 2.66. The predicted octanol–water partition coefficient (Wildman–Crippen LogP) is 5.47. The molecule has 4 heteroatoms. The van der Waals surface area contributed by atoms with Gasteiger partial charge in [-0.2, -0.15) is 0 Å². The summed E-state index contributed by atoms with van der Waals surface area (Å²) in [6.45, 7) is 9.11. The van der Waals surface area contributed by atoms with Crippen LogP contribution in [0.4, 0.5) is 0 Å². The van der Waals surface area contributed by atoms with Gasteiger partial charge in [0.1, 0.15) is 22.1 Å². The Labute approximate surface area is 172 Å². The summed E-state index contributed by atoms with van der Waals surface area (Å²) in [5, 5.41) is 14.4. The molecule has 1 aliphatic carbocycles. The van der Waals surface area contributed by atoms with Crippen LogP contribution in [0.2, 0.25) is 0 Å². The topological polar surface area (TPSA) is 41.5 Å². The molecule has 1 unspecified atom stereocenters. The second-order valence-corrected chi connectivity index (χ2v) is 8.80. The van der Waals surface area contributed by atoms with Crippen LogP contribution >= 0.6 is 12.2 Å². The number of aromatic hydroxyl groups is 1. The van der Waals surface area contributed by atoms with Crippen LogP contribution < -0.4 is 10.1 Å². The zero-order valence-electron chi connectivity index (χ0n) is 16.5. The van der Waals surface area contributed by atoms with Gasteiger partial charge in [-0.25, -0.2) is 0 Å². The van der Waals surface area contributed by atoms with Crippen molar-refractivity contribution in [3.05, 3.63) is 71.3 Å². The molecule has 3 nitrogen and oxygen atoms in total. The number of fused-ring (bicyclic) bond motifs is 4. The van der Waals surface area contributed by atoms with E-state index >= 15 is 0 Å². The quantitative estimate of drug-likeness (QED) is 0.534. The van der Waals surface area contributed by atoms with E-state index in [1.807, 2.05) is 30.3 Å². The van der Waals surface area contributed by atoms with Crippen LogP contribution in [0.5, 0.6) is 11.5 Å². The van der Waals surface area contributed by atoms with Crippen molar-refractivity contribution < 1.29 is 9.84 Å². The molecule has 2 aliphatic rings. The average molecular weight is 394 g/mol. The lowest BCUT2D eigenvalue weighted by Crippen LogP contribution is -2.44. The largest absolute Gasteiger partial charge is 0.507 e. The van der Waals surface area contributed by atoms with Crippen molar-refractivity contribution in [2.24, 2.45) is 5.92 Å². The number of nitrogens with one attached hydrogen (secondary N) is 1. The maximum absolute atomic E-state index is 11.2. The van der Waals surface area contributed by atoms with Crippen LogP contribution in [0.25, 0.3) is 0 Å². The van der Waals surface area contributed by atoms with Crippen LogP contribution in [0.15, 0.2) is 54.6 Å². The molecule has 0 spiro atoms. The van der Waals surface area contributed by atoms with Crippen molar-refractivity contribution in [2.45, 2.75) is 51.2 Å². The number of hydrogen-bond donors (Lipinski definition) is 2. The molecule has 4 rings (SSSR count). The van der Waals surface area contributed by atoms with E-state index in [0.29, 0.717) is 23.0 Å². The minimum Gasteiger partial charge on any atom is -0.507 e. The Hall–Kier alpha value is -2.33. The fourth-order valence-electron chi connectivity index (χ4n) is 4.72. The lowest BCUT2D eigenvalue weighted by molar-refractivity contribution is 0.00637. The van der Waals surface area contributed by atoms with Gasteiger partial charge in [0, 0.05) is 18.0 Å². The number of rotatable bonds is 4. The van der Waals surface area contributed by atoms with E-state index in [0.717, 1.165) is 36.1 Å². The van der Waals surface area contributed by atoms with Gasteiger partial charge in [-0.15, -0.1) is 0 Å². The number of allylic oxidation sites excluding steroid dienone is 1. The van der Waals surface area contributed by atoms with Gasteiger partial charge in [0.2, 0.25) is 0 Å². The van der Waals surface area contributed by atoms with Crippen molar-refractivity contribution in [3.63, 3.8) is 0 Å². The second-order valence-electron chi connectivity index (χ2n) is 8.40. The summed E-state index contributed by atoms with van der Waals surface area (Å²) in [5.41, 5.74) is 3.73. The lowest BCUT2D eigenvalue weighted by atomic mass is 9.65. The van der Waals surface area contributed by atoms with Gasteiger partial charge in [0.25, 0.3) is 0 Å². The summed E-state index contributed by atoms with van der Waals surface area (Å²) in [6, 6.07) is 13.9. The molecule has 0 amide bonds. The first-order valence-electron chi connectivity index (χ1n) is 9.90. The molecule has 2 N–H and O–H groups in total. The molecule has 1 aliphatic heterocycles. The van der Waals surface area contributed by atoms with Crippen molar-refractivity contribution in [1.29, 1.82) is 0 Å². The molecule has 2 aromatic rings. The first kappa shape index (κ1) is 19.0. The van der Waals surface area contributed by atoms with Gasteiger partial charge in [0.15, 0.2) is 0 Å². The highest BCUT2D eigenvalue weighted by Gasteiger charge is 2.46. The monoisotopic (exact) mass is 393 g/mol. The van der Waals surface area contributed by atoms with Gasteiger partial charge < -0.3 is 15.2 Å². The van der Waals surface area contributed by atoms with Crippen LogP contribution in [-0.2, 0) is 6.54 Å². The van der Waals surface area contributed by atoms with E-state index in [1.54, 1.807) is 0 Å². The van der Waals surface area contributed by atoms with Gasteiger partial charge in [-0.05, 0) is 56.7 Å². The van der Waals surface area contributed by atoms with E-state index in [-0.39, 0.29) is 17.3 Å². The van der Waals surface area contributed by atoms with Crippen molar-refractivity contribution >= 4 is 17.2 Å². The van der Waals surface area contributed by atoms with E-state index < -0.39 is 0 Å². The highest BCUT2D eigenvalue weighted by atomic mass is 32.1. The summed E-state index contributed by atoms with van der Waals surface area (Å²) >= 11 is 5.60. The molecule has 28 heavy (non-hydrogen) atoms. The number of thiocarbonyl (C=S) groups is 1. The Kier molecular flexibility index (Phi) is 4.92. The maximum atomic E-state index is 11.2. The number of phenolic OH excluding ortho intramolecular Hbond substituents is 1. The first-order chi connectivity index (χ1) is 13.4. The number of hydrogen-bond acceptors (Lipinski definition) is 3. The summed E-state index contributed by atoms with van der Waals surface area (Å²) < 4.78 is 6.31. The highest BCUT2D eigenvalue weighted by Crippen LogP contribution is 2.55. The molecule has 1 fully saturated rings. The zero-order chi connectivity index (χ0) is 19.9. The van der Waals surface area contributed by atoms with Gasteiger partial charge in [-0.3, -0.25) is 0 Å². The number of ether oxygens (including phenoxy) is 1. The van der Waals surface area contributed by atoms with Gasteiger partial charge in [-0.1, -0.05) is 54.7 Å². The van der Waals surface area contributed by atoms with Crippen molar-refractivity contribution in [3.8, 4) is 11.5 Å². The van der Waals surface area contributed by atoms with Crippen LogP contribution in [-0.4, -0.2) is 15.7 Å². The number of benzene rings is 2. The standard InChI is InChI=1S/C24H27NO2S/c1-15(2)17-11-12-24(3)13-19(17)21-20(27-24)10-9-18(22(21)26)23(28)25-14-16-7-5-4-6-8-16/h4-10,17,19,26H,1,11-14H2,2-3H3,(H,25,28)/t17?,19-,24-/m0/s1. The smallest absolute Gasteiger partial charge is 0.132 e. The van der Waals surface area contributed by atoms with Gasteiger partial charge >= 0.3 is 0 Å². The predicted molar refractivity (Wildman–Crippen MR) is 117 cm³/mol. The van der Waals surface area contributed by atoms with E-state index in [1.165, 1.54) is 5.57 Å². The van der Waals surface area contributed by atoms with Gasteiger partial charge in [0.05, 0.1) is 5.56 Å². The molecule has 3 atom stereocenters. The Balaban J connectivity index is 1.64. The Bertz CT molecular complexity index is 924. The van der Waals surface area contributed by atoms with Crippen LogP contribution in [0.3, 0.4) is 0 Å². The SMILES string of the molecule is C=C(C)C1CC[C@@]2(C)C[C@@H]1c1c(ccc(C(=S)NCc3ccccc3)c1O)O2. The molecule has 1 saturated carbocycles. The first-order valence-corrected chi connectivity index (χ1v) is 10.3. The molecule has 146 valence electrons. The summed E-state index contributed by atoms with van der Waals surface area (Å²) in [4.78, 5) is 0.556. The Morgan fingerprint density at radius 1 is 1.29 bits per heavy atom. The Morgan fingerprint density at radius 3 is 2.75 bits per heavy atom. The molecule has 0 aromatic heterocycles.